The zero-order valence-electron chi connectivity index (χ0n) is 11.7. The summed E-state index contributed by atoms with van der Waals surface area (Å²) in [5.41, 5.74) is 7.14. The highest BCUT2D eigenvalue weighted by atomic mass is 79.9. The molecule has 1 aromatic rings. The van der Waals surface area contributed by atoms with Crippen molar-refractivity contribution in [3.8, 4) is 5.75 Å². The van der Waals surface area contributed by atoms with Crippen molar-refractivity contribution in [2.75, 3.05) is 20.7 Å². The van der Waals surface area contributed by atoms with Crippen molar-refractivity contribution < 1.29 is 4.74 Å². The summed E-state index contributed by atoms with van der Waals surface area (Å²) in [6.07, 6.45) is 3.83. The summed E-state index contributed by atoms with van der Waals surface area (Å²) in [6.45, 7) is 1.73. The number of rotatable bonds is 5. The quantitative estimate of drug-likeness (QED) is 0.903. The predicted molar refractivity (Wildman–Crippen MR) is 82.3 cm³/mol. The Labute approximate surface area is 124 Å². The molecular weight excluding hydrogens is 304 g/mol. The van der Waals surface area contributed by atoms with Gasteiger partial charge in [-0.05, 0) is 56.1 Å². The van der Waals surface area contributed by atoms with Gasteiger partial charge in [0.1, 0.15) is 5.75 Å². The smallest absolute Gasteiger partial charge is 0.119 e. The fourth-order valence-corrected chi connectivity index (χ4v) is 3.43. The van der Waals surface area contributed by atoms with Gasteiger partial charge in [-0.15, -0.1) is 0 Å². The summed E-state index contributed by atoms with van der Waals surface area (Å²) >= 11 is 3.62. The number of nitrogens with zero attached hydrogens (tertiary/aromatic N) is 1. The van der Waals surface area contributed by atoms with Gasteiger partial charge >= 0.3 is 0 Å². The standard InChI is InChI=1S/C15H23BrN2O/c1-18(15-5-3-4-11(15)9-17)10-12-8-13(19-2)6-7-14(12)16/h6-8,11,15H,3-5,9-10,17H2,1-2H3. The lowest BCUT2D eigenvalue weighted by atomic mass is 10.0. The predicted octanol–water partition coefficient (Wildman–Crippen LogP) is 3.02. The summed E-state index contributed by atoms with van der Waals surface area (Å²) in [7, 11) is 3.91. The Morgan fingerprint density at radius 3 is 2.89 bits per heavy atom. The largest absolute Gasteiger partial charge is 0.497 e. The van der Waals surface area contributed by atoms with E-state index < -0.39 is 0 Å². The zero-order valence-corrected chi connectivity index (χ0v) is 13.3. The van der Waals surface area contributed by atoms with Crippen LogP contribution in [-0.2, 0) is 6.54 Å². The summed E-state index contributed by atoms with van der Waals surface area (Å²) in [4.78, 5) is 2.43. The molecule has 1 aliphatic rings. The Kier molecular flexibility index (Phi) is 5.25. The van der Waals surface area contributed by atoms with Gasteiger partial charge in [-0.3, -0.25) is 4.90 Å². The molecule has 2 rings (SSSR count). The van der Waals surface area contributed by atoms with Gasteiger partial charge in [0.15, 0.2) is 0 Å². The molecule has 1 aliphatic carbocycles. The molecule has 1 fully saturated rings. The molecule has 0 radical (unpaired) electrons. The molecule has 2 unspecified atom stereocenters. The average Bonchev–Trinajstić information content (AvgIpc) is 2.89. The molecule has 1 aromatic carbocycles. The van der Waals surface area contributed by atoms with E-state index >= 15 is 0 Å². The topological polar surface area (TPSA) is 38.5 Å². The number of hydrogen-bond acceptors (Lipinski definition) is 3. The highest BCUT2D eigenvalue weighted by Crippen LogP contribution is 2.31. The van der Waals surface area contributed by atoms with Crippen molar-refractivity contribution in [3.63, 3.8) is 0 Å². The van der Waals surface area contributed by atoms with Gasteiger partial charge in [-0.1, -0.05) is 22.4 Å². The Morgan fingerprint density at radius 2 is 2.21 bits per heavy atom. The van der Waals surface area contributed by atoms with E-state index in [1.54, 1.807) is 7.11 Å². The molecular formula is C15H23BrN2O. The monoisotopic (exact) mass is 326 g/mol. The highest BCUT2D eigenvalue weighted by Gasteiger charge is 2.29. The third-order valence-electron chi connectivity index (χ3n) is 4.16. The molecule has 2 atom stereocenters. The van der Waals surface area contributed by atoms with E-state index in [9.17, 15) is 0 Å². The number of nitrogens with two attached hydrogens (primary N) is 1. The molecule has 106 valence electrons. The number of methoxy groups -OCH3 is 1. The van der Waals surface area contributed by atoms with Crippen molar-refractivity contribution in [2.24, 2.45) is 11.7 Å². The van der Waals surface area contributed by atoms with Crippen molar-refractivity contribution in [1.82, 2.24) is 4.90 Å². The van der Waals surface area contributed by atoms with Gasteiger partial charge in [0, 0.05) is 17.1 Å². The van der Waals surface area contributed by atoms with Gasteiger partial charge in [0.05, 0.1) is 7.11 Å². The van der Waals surface area contributed by atoms with Gasteiger partial charge in [0.2, 0.25) is 0 Å². The van der Waals surface area contributed by atoms with E-state index in [-0.39, 0.29) is 0 Å². The second-order valence-corrected chi connectivity index (χ2v) is 6.22. The second-order valence-electron chi connectivity index (χ2n) is 5.37. The minimum absolute atomic E-state index is 0.614. The Bertz CT molecular complexity index is 425. The Hall–Kier alpha value is -0.580. The van der Waals surface area contributed by atoms with Crippen LogP contribution < -0.4 is 10.5 Å². The first-order valence-electron chi connectivity index (χ1n) is 6.88. The van der Waals surface area contributed by atoms with Gasteiger partial charge < -0.3 is 10.5 Å². The fraction of sp³-hybridized carbons (Fsp3) is 0.600. The highest BCUT2D eigenvalue weighted by molar-refractivity contribution is 9.10. The maximum atomic E-state index is 5.87. The van der Waals surface area contributed by atoms with Gasteiger partial charge in [-0.25, -0.2) is 0 Å². The van der Waals surface area contributed by atoms with Gasteiger partial charge in [0.25, 0.3) is 0 Å². The molecule has 0 heterocycles. The summed E-state index contributed by atoms with van der Waals surface area (Å²) in [5, 5.41) is 0. The Balaban J connectivity index is 2.07. The Morgan fingerprint density at radius 1 is 1.42 bits per heavy atom. The van der Waals surface area contributed by atoms with Crippen LogP contribution in [0, 0.1) is 5.92 Å². The third-order valence-corrected chi connectivity index (χ3v) is 4.93. The molecule has 0 aliphatic heterocycles. The van der Waals surface area contributed by atoms with Crippen LogP contribution in [0.15, 0.2) is 22.7 Å². The minimum Gasteiger partial charge on any atom is -0.497 e. The van der Waals surface area contributed by atoms with Crippen LogP contribution in [0.3, 0.4) is 0 Å². The van der Waals surface area contributed by atoms with Gasteiger partial charge in [-0.2, -0.15) is 0 Å². The van der Waals surface area contributed by atoms with E-state index in [0.29, 0.717) is 12.0 Å². The molecule has 0 amide bonds. The number of benzene rings is 1. The van der Waals surface area contributed by atoms with E-state index in [1.807, 2.05) is 6.07 Å². The molecule has 4 heteroatoms. The summed E-state index contributed by atoms with van der Waals surface area (Å²) in [6, 6.07) is 6.75. The van der Waals surface area contributed by atoms with Crippen molar-refractivity contribution >= 4 is 15.9 Å². The molecule has 2 N–H and O–H groups in total. The zero-order chi connectivity index (χ0) is 13.8. The minimum atomic E-state index is 0.614. The first-order chi connectivity index (χ1) is 9.15. The summed E-state index contributed by atoms with van der Waals surface area (Å²) in [5.74, 6) is 1.56. The average molecular weight is 327 g/mol. The molecule has 19 heavy (non-hydrogen) atoms. The molecule has 0 aromatic heterocycles. The molecule has 0 saturated heterocycles. The molecule has 0 spiro atoms. The van der Waals surface area contributed by atoms with E-state index in [0.717, 1.165) is 23.3 Å². The lowest BCUT2D eigenvalue weighted by Gasteiger charge is -2.29. The summed E-state index contributed by atoms with van der Waals surface area (Å²) < 4.78 is 6.44. The van der Waals surface area contributed by atoms with Crippen LogP contribution in [0.1, 0.15) is 24.8 Å². The third kappa shape index (κ3) is 3.50. The van der Waals surface area contributed by atoms with Crippen LogP contribution in [0.25, 0.3) is 0 Å². The lowest BCUT2D eigenvalue weighted by Crippen LogP contribution is -2.37. The maximum Gasteiger partial charge on any atom is 0.119 e. The molecule has 1 saturated carbocycles. The first kappa shape index (κ1) is 14.8. The second kappa shape index (κ2) is 6.73. The van der Waals surface area contributed by atoms with E-state index in [2.05, 4.69) is 40.0 Å². The van der Waals surface area contributed by atoms with Crippen LogP contribution in [0.2, 0.25) is 0 Å². The van der Waals surface area contributed by atoms with Crippen molar-refractivity contribution in [3.05, 3.63) is 28.2 Å². The van der Waals surface area contributed by atoms with Crippen molar-refractivity contribution in [2.45, 2.75) is 31.8 Å². The van der Waals surface area contributed by atoms with Crippen LogP contribution in [-0.4, -0.2) is 31.6 Å². The molecule has 3 nitrogen and oxygen atoms in total. The fourth-order valence-electron chi connectivity index (χ4n) is 3.06. The maximum absolute atomic E-state index is 5.87. The van der Waals surface area contributed by atoms with Crippen LogP contribution in [0.5, 0.6) is 5.75 Å². The first-order valence-corrected chi connectivity index (χ1v) is 7.67. The number of ether oxygens (including phenoxy) is 1. The normalized spacial score (nSPS) is 23.0. The van der Waals surface area contributed by atoms with Crippen molar-refractivity contribution in [1.29, 1.82) is 0 Å². The number of halogens is 1. The molecule has 0 bridgehead atoms. The van der Waals surface area contributed by atoms with Crippen LogP contribution in [0.4, 0.5) is 0 Å². The number of hydrogen-bond donors (Lipinski definition) is 1. The SMILES string of the molecule is COc1ccc(Br)c(CN(C)C2CCCC2CN)c1. The lowest BCUT2D eigenvalue weighted by molar-refractivity contribution is 0.192. The van der Waals surface area contributed by atoms with E-state index in [4.69, 9.17) is 10.5 Å². The van der Waals surface area contributed by atoms with Crippen LogP contribution >= 0.6 is 15.9 Å². The van der Waals surface area contributed by atoms with E-state index in [1.165, 1.54) is 24.8 Å².